The molecule has 2 aromatic carbocycles. The Kier molecular flexibility index (Phi) is 4.58. The van der Waals surface area contributed by atoms with E-state index in [1.807, 2.05) is 25.1 Å². The molecule has 29 heavy (non-hydrogen) atoms. The number of carbonyl (C=O) groups is 1. The first-order chi connectivity index (χ1) is 14.0. The number of nitrogens with one attached hydrogen (secondary N) is 2. The highest BCUT2D eigenvalue weighted by atomic mass is 19.1. The van der Waals surface area contributed by atoms with Gasteiger partial charge in [-0.25, -0.2) is 9.18 Å². The highest BCUT2D eigenvalue weighted by Gasteiger charge is 2.26. The third-order valence-electron chi connectivity index (χ3n) is 4.85. The smallest absolute Gasteiger partial charge is 0.344 e. The summed E-state index contributed by atoms with van der Waals surface area (Å²) in [5.74, 6) is -1.47. The van der Waals surface area contributed by atoms with Crippen molar-refractivity contribution in [3.63, 3.8) is 0 Å². The molecule has 7 heteroatoms. The fourth-order valence-electron chi connectivity index (χ4n) is 3.57. The normalized spacial score (nSPS) is 11.2. The Morgan fingerprint density at radius 2 is 1.93 bits per heavy atom. The summed E-state index contributed by atoms with van der Waals surface area (Å²) in [5, 5.41) is 0.775. The lowest BCUT2D eigenvalue weighted by Gasteiger charge is -2.12. The summed E-state index contributed by atoms with van der Waals surface area (Å²) < 4.78 is 25.3. The zero-order valence-corrected chi connectivity index (χ0v) is 16.2. The number of fused-ring (bicyclic) bond motifs is 3. The number of pyridine rings is 1. The summed E-state index contributed by atoms with van der Waals surface area (Å²) in [7, 11) is 1.35. The Balaban J connectivity index is 2.19. The van der Waals surface area contributed by atoms with Crippen LogP contribution in [0, 0.1) is 12.7 Å². The molecule has 0 spiro atoms. The van der Waals surface area contributed by atoms with Crippen LogP contribution < -0.4 is 10.3 Å². The predicted molar refractivity (Wildman–Crippen MR) is 109 cm³/mol. The quantitative estimate of drug-likeness (QED) is 0.505. The second kappa shape index (κ2) is 7.09. The third-order valence-corrected chi connectivity index (χ3v) is 4.85. The van der Waals surface area contributed by atoms with Crippen molar-refractivity contribution >= 4 is 27.9 Å². The van der Waals surface area contributed by atoms with E-state index in [4.69, 9.17) is 9.47 Å². The van der Waals surface area contributed by atoms with E-state index in [0.717, 1.165) is 16.5 Å². The summed E-state index contributed by atoms with van der Waals surface area (Å²) in [5.41, 5.74) is 2.03. The highest BCUT2D eigenvalue weighted by molar-refractivity contribution is 6.14. The summed E-state index contributed by atoms with van der Waals surface area (Å²) in [6.45, 7) is 3.66. The molecular formula is C22H19FN2O4. The SMILES string of the molecule is CCOC(=O)c1c(-c2cccc(OC)c2F)c2[nH]c3ccc(C)cc3c2[nH]c1=O. The molecule has 2 heterocycles. The van der Waals surface area contributed by atoms with Crippen molar-refractivity contribution in [2.45, 2.75) is 13.8 Å². The molecule has 148 valence electrons. The number of halogens is 1. The molecule has 0 bridgehead atoms. The average Bonchev–Trinajstić information content (AvgIpc) is 3.05. The lowest BCUT2D eigenvalue weighted by molar-refractivity contribution is 0.0525. The molecule has 0 saturated carbocycles. The van der Waals surface area contributed by atoms with Crippen LogP contribution in [0.3, 0.4) is 0 Å². The van der Waals surface area contributed by atoms with Crippen LogP contribution in [0.2, 0.25) is 0 Å². The molecule has 0 saturated heterocycles. The summed E-state index contributed by atoms with van der Waals surface area (Å²) in [4.78, 5) is 31.5. The van der Waals surface area contributed by atoms with E-state index in [9.17, 15) is 9.59 Å². The molecule has 2 N–H and O–H groups in total. The van der Waals surface area contributed by atoms with Crippen LogP contribution in [0.1, 0.15) is 22.8 Å². The predicted octanol–water partition coefficient (Wildman–Crippen LogP) is 4.31. The average molecular weight is 394 g/mol. The van der Waals surface area contributed by atoms with Crippen LogP contribution in [0.15, 0.2) is 41.2 Å². The maximum atomic E-state index is 15.2. The number of ether oxygens (including phenoxy) is 2. The lowest BCUT2D eigenvalue weighted by atomic mass is 9.98. The van der Waals surface area contributed by atoms with Gasteiger partial charge in [0.1, 0.15) is 5.56 Å². The number of esters is 1. The highest BCUT2D eigenvalue weighted by Crippen LogP contribution is 2.37. The number of hydrogen-bond donors (Lipinski definition) is 2. The standard InChI is InChI=1S/C22H19FN2O4/c1-4-29-22(27)17-16(12-6-5-7-15(28-3)18(12)23)20-19(25-21(17)26)13-10-11(2)8-9-14(13)24-20/h5-10,24H,4H2,1-3H3,(H,25,26). The van der Waals surface area contributed by atoms with Crippen molar-refractivity contribution in [3.05, 3.63) is 63.7 Å². The van der Waals surface area contributed by atoms with Crippen LogP contribution in [-0.2, 0) is 4.74 Å². The second-order valence-electron chi connectivity index (χ2n) is 6.67. The minimum absolute atomic E-state index is 0.0118. The van der Waals surface area contributed by atoms with Crippen molar-refractivity contribution in [1.29, 1.82) is 0 Å². The van der Waals surface area contributed by atoms with Gasteiger partial charge in [0.25, 0.3) is 5.56 Å². The third kappa shape index (κ3) is 2.95. The zero-order valence-electron chi connectivity index (χ0n) is 16.2. The molecule has 4 aromatic rings. The van der Waals surface area contributed by atoms with Crippen LogP contribution in [0.5, 0.6) is 5.75 Å². The van der Waals surface area contributed by atoms with E-state index in [-0.39, 0.29) is 29.0 Å². The van der Waals surface area contributed by atoms with Crippen molar-refractivity contribution in [1.82, 2.24) is 9.97 Å². The van der Waals surface area contributed by atoms with Gasteiger partial charge in [-0.2, -0.15) is 0 Å². The molecule has 0 atom stereocenters. The second-order valence-corrected chi connectivity index (χ2v) is 6.67. The Morgan fingerprint density at radius 1 is 1.14 bits per heavy atom. The van der Waals surface area contributed by atoms with Gasteiger partial charge in [0.05, 0.1) is 24.8 Å². The van der Waals surface area contributed by atoms with Gasteiger partial charge in [0.2, 0.25) is 0 Å². The first kappa shape index (κ1) is 18.7. The van der Waals surface area contributed by atoms with Gasteiger partial charge >= 0.3 is 5.97 Å². The van der Waals surface area contributed by atoms with Crippen molar-refractivity contribution in [3.8, 4) is 16.9 Å². The van der Waals surface area contributed by atoms with E-state index in [1.54, 1.807) is 13.0 Å². The lowest BCUT2D eigenvalue weighted by Crippen LogP contribution is -2.21. The van der Waals surface area contributed by atoms with E-state index >= 15 is 4.39 Å². The minimum atomic E-state index is -0.817. The van der Waals surface area contributed by atoms with Crippen molar-refractivity contribution < 1.29 is 18.7 Å². The monoisotopic (exact) mass is 394 g/mol. The molecule has 0 aliphatic heterocycles. The molecule has 2 aromatic heterocycles. The number of benzene rings is 2. The first-order valence-electron chi connectivity index (χ1n) is 9.14. The number of methoxy groups -OCH3 is 1. The molecule has 6 nitrogen and oxygen atoms in total. The molecule has 0 aliphatic rings. The molecular weight excluding hydrogens is 375 g/mol. The van der Waals surface area contributed by atoms with Gasteiger partial charge in [0.15, 0.2) is 11.6 Å². The first-order valence-corrected chi connectivity index (χ1v) is 9.14. The van der Waals surface area contributed by atoms with Crippen molar-refractivity contribution in [2.24, 2.45) is 0 Å². The van der Waals surface area contributed by atoms with Crippen LogP contribution in [0.4, 0.5) is 4.39 Å². The van der Waals surface area contributed by atoms with E-state index < -0.39 is 17.3 Å². The van der Waals surface area contributed by atoms with Crippen LogP contribution >= 0.6 is 0 Å². The molecule has 0 aliphatic carbocycles. The summed E-state index contributed by atoms with van der Waals surface area (Å²) >= 11 is 0. The fraction of sp³-hybridized carbons (Fsp3) is 0.182. The Bertz CT molecular complexity index is 1320. The number of aromatic nitrogens is 2. The number of carbonyl (C=O) groups excluding carboxylic acids is 1. The zero-order chi connectivity index (χ0) is 20.7. The van der Waals surface area contributed by atoms with Gasteiger partial charge in [-0.1, -0.05) is 23.8 Å². The fourth-order valence-corrected chi connectivity index (χ4v) is 3.57. The minimum Gasteiger partial charge on any atom is -0.494 e. The number of hydrogen-bond acceptors (Lipinski definition) is 4. The summed E-state index contributed by atoms with van der Waals surface area (Å²) in [6.07, 6.45) is 0. The molecule has 0 radical (unpaired) electrons. The van der Waals surface area contributed by atoms with E-state index in [1.165, 1.54) is 19.2 Å². The number of aryl methyl sites for hydroxylation is 1. The molecule has 0 fully saturated rings. The van der Waals surface area contributed by atoms with E-state index in [0.29, 0.717) is 11.0 Å². The molecule has 0 amide bonds. The van der Waals surface area contributed by atoms with Gasteiger partial charge in [-0.15, -0.1) is 0 Å². The topological polar surface area (TPSA) is 84.2 Å². The van der Waals surface area contributed by atoms with Crippen LogP contribution in [-0.4, -0.2) is 29.7 Å². The Labute approximate surface area is 165 Å². The Hall–Kier alpha value is -3.61. The maximum absolute atomic E-state index is 15.2. The van der Waals surface area contributed by atoms with Gasteiger partial charge in [-0.05, 0) is 32.0 Å². The summed E-state index contributed by atoms with van der Waals surface area (Å²) in [6, 6.07) is 10.3. The van der Waals surface area contributed by atoms with E-state index in [2.05, 4.69) is 9.97 Å². The number of rotatable bonds is 4. The van der Waals surface area contributed by atoms with Gasteiger partial charge in [-0.3, -0.25) is 4.79 Å². The van der Waals surface area contributed by atoms with Gasteiger partial charge in [0, 0.05) is 22.0 Å². The van der Waals surface area contributed by atoms with Crippen LogP contribution in [0.25, 0.3) is 33.1 Å². The molecule has 0 unspecified atom stereocenters. The maximum Gasteiger partial charge on any atom is 0.344 e. The number of H-pyrrole nitrogens is 2. The Morgan fingerprint density at radius 3 is 2.66 bits per heavy atom. The van der Waals surface area contributed by atoms with Crippen molar-refractivity contribution in [2.75, 3.05) is 13.7 Å². The van der Waals surface area contributed by atoms with Gasteiger partial charge < -0.3 is 19.4 Å². The largest absolute Gasteiger partial charge is 0.494 e. The molecule has 4 rings (SSSR count). The number of aromatic amines is 2.